The summed E-state index contributed by atoms with van der Waals surface area (Å²) in [6, 6.07) is 5.95. The molecule has 18 heavy (non-hydrogen) atoms. The molecule has 0 aliphatic rings. The summed E-state index contributed by atoms with van der Waals surface area (Å²) < 4.78 is 0. The van der Waals surface area contributed by atoms with Crippen LogP contribution in [0.4, 0.5) is 5.82 Å². The number of aromatic amines is 1. The van der Waals surface area contributed by atoms with Gasteiger partial charge in [0.15, 0.2) is 0 Å². The average Bonchev–Trinajstić information content (AvgIpc) is 2.81. The fourth-order valence-electron chi connectivity index (χ4n) is 1.69. The molecule has 0 aliphatic carbocycles. The van der Waals surface area contributed by atoms with Crippen molar-refractivity contribution in [2.24, 2.45) is 0 Å². The third-order valence-electron chi connectivity index (χ3n) is 2.50. The van der Waals surface area contributed by atoms with E-state index in [1.54, 1.807) is 13.1 Å². The molecule has 0 spiro atoms. The van der Waals surface area contributed by atoms with Crippen LogP contribution >= 0.6 is 0 Å². The van der Waals surface area contributed by atoms with Gasteiger partial charge in [-0.3, -0.25) is 5.10 Å². The summed E-state index contributed by atoms with van der Waals surface area (Å²) in [7, 11) is 0. The fraction of sp³-hybridized carbons (Fsp3) is 0.308. The third-order valence-corrected chi connectivity index (χ3v) is 2.50. The van der Waals surface area contributed by atoms with Crippen LogP contribution in [0.2, 0.25) is 0 Å². The predicted octanol–water partition coefficient (Wildman–Crippen LogP) is 2.68. The second-order valence-corrected chi connectivity index (χ2v) is 4.49. The molecule has 0 aliphatic heterocycles. The summed E-state index contributed by atoms with van der Waals surface area (Å²) in [5.74, 6) is 0.740. The molecule has 94 valence electrons. The lowest BCUT2D eigenvalue weighted by molar-refractivity contribution is 0.888. The predicted molar refractivity (Wildman–Crippen MR) is 73.1 cm³/mol. The molecule has 0 aromatic carbocycles. The summed E-state index contributed by atoms with van der Waals surface area (Å²) in [5.41, 5.74) is 3.02. The van der Waals surface area contributed by atoms with Crippen molar-refractivity contribution in [2.45, 2.75) is 26.8 Å². The SMILES string of the molecule is CC(=N)c1ccc(-c2ccn[nH]2)nc1NC(C)C. The molecule has 0 bridgehead atoms. The van der Waals surface area contributed by atoms with E-state index in [0.29, 0.717) is 5.71 Å². The van der Waals surface area contributed by atoms with Gasteiger partial charge in [0.1, 0.15) is 5.82 Å². The van der Waals surface area contributed by atoms with Crippen LogP contribution in [0.5, 0.6) is 0 Å². The van der Waals surface area contributed by atoms with Crippen molar-refractivity contribution in [3.05, 3.63) is 30.0 Å². The van der Waals surface area contributed by atoms with Gasteiger partial charge in [-0.1, -0.05) is 0 Å². The van der Waals surface area contributed by atoms with Crippen LogP contribution < -0.4 is 5.32 Å². The zero-order valence-electron chi connectivity index (χ0n) is 10.8. The van der Waals surface area contributed by atoms with Gasteiger partial charge in [-0.05, 0) is 39.0 Å². The van der Waals surface area contributed by atoms with Crippen molar-refractivity contribution in [3.8, 4) is 11.4 Å². The Balaban J connectivity index is 2.45. The molecule has 0 amide bonds. The first-order chi connectivity index (χ1) is 8.58. The number of aromatic nitrogens is 3. The standard InChI is InChI=1S/C13H17N5/c1-8(2)16-13-10(9(3)14)4-5-11(17-13)12-6-7-15-18-12/h4-8,14H,1-3H3,(H,15,18)(H,16,17). The van der Waals surface area contributed by atoms with E-state index in [9.17, 15) is 0 Å². The molecule has 2 rings (SSSR count). The van der Waals surface area contributed by atoms with Crippen LogP contribution in [0.3, 0.4) is 0 Å². The summed E-state index contributed by atoms with van der Waals surface area (Å²) in [4.78, 5) is 4.55. The zero-order valence-corrected chi connectivity index (χ0v) is 10.8. The van der Waals surface area contributed by atoms with Crippen LogP contribution in [-0.4, -0.2) is 26.9 Å². The molecule has 0 unspecified atom stereocenters. The third kappa shape index (κ3) is 2.56. The molecule has 0 atom stereocenters. The minimum atomic E-state index is 0.271. The minimum absolute atomic E-state index is 0.271. The molecule has 2 aromatic heterocycles. The topological polar surface area (TPSA) is 77.5 Å². The van der Waals surface area contributed by atoms with Gasteiger partial charge in [-0.25, -0.2) is 4.98 Å². The Hall–Kier alpha value is -2.17. The Bertz CT molecular complexity index is 543. The number of anilines is 1. The van der Waals surface area contributed by atoms with Gasteiger partial charge in [0.25, 0.3) is 0 Å². The molecule has 5 heteroatoms. The van der Waals surface area contributed by atoms with Crippen LogP contribution in [-0.2, 0) is 0 Å². The number of nitrogens with one attached hydrogen (secondary N) is 3. The van der Waals surface area contributed by atoms with E-state index >= 15 is 0 Å². The molecular formula is C13H17N5. The van der Waals surface area contributed by atoms with Crippen molar-refractivity contribution in [1.29, 1.82) is 5.41 Å². The van der Waals surface area contributed by atoms with Crippen molar-refractivity contribution in [1.82, 2.24) is 15.2 Å². The van der Waals surface area contributed by atoms with Gasteiger partial charge in [0.2, 0.25) is 0 Å². The number of hydrogen-bond acceptors (Lipinski definition) is 4. The fourth-order valence-corrected chi connectivity index (χ4v) is 1.69. The van der Waals surface area contributed by atoms with E-state index in [4.69, 9.17) is 5.41 Å². The number of nitrogens with zero attached hydrogens (tertiary/aromatic N) is 2. The molecule has 0 saturated carbocycles. The lowest BCUT2D eigenvalue weighted by atomic mass is 10.1. The Morgan fingerprint density at radius 2 is 2.11 bits per heavy atom. The summed E-state index contributed by atoms with van der Waals surface area (Å²) >= 11 is 0. The Kier molecular flexibility index (Phi) is 3.41. The van der Waals surface area contributed by atoms with Gasteiger partial charge in [-0.2, -0.15) is 5.10 Å². The van der Waals surface area contributed by atoms with Crippen molar-refractivity contribution in [3.63, 3.8) is 0 Å². The number of hydrogen-bond donors (Lipinski definition) is 3. The average molecular weight is 243 g/mol. The lowest BCUT2D eigenvalue weighted by Gasteiger charge is -2.14. The summed E-state index contributed by atoms with van der Waals surface area (Å²) in [5, 5.41) is 17.8. The molecule has 3 N–H and O–H groups in total. The smallest absolute Gasteiger partial charge is 0.136 e. The highest BCUT2D eigenvalue weighted by molar-refractivity contribution is 6.00. The monoisotopic (exact) mass is 243 g/mol. The molecule has 2 heterocycles. The van der Waals surface area contributed by atoms with Gasteiger partial charge < -0.3 is 10.7 Å². The first-order valence-electron chi connectivity index (χ1n) is 5.91. The summed E-state index contributed by atoms with van der Waals surface area (Å²) in [6.45, 7) is 5.86. The van der Waals surface area contributed by atoms with Crippen LogP contribution in [0.15, 0.2) is 24.4 Å². The van der Waals surface area contributed by atoms with E-state index < -0.39 is 0 Å². The zero-order chi connectivity index (χ0) is 13.1. The molecule has 0 fully saturated rings. The minimum Gasteiger partial charge on any atom is -0.367 e. The maximum atomic E-state index is 7.77. The largest absolute Gasteiger partial charge is 0.367 e. The van der Waals surface area contributed by atoms with E-state index in [2.05, 4.69) is 20.5 Å². The van der Waals surface area contributed by atoms with Gasteiger partial charge in [0, 0.05) is 23.5 Å². The van der Waals surface area contributed by atoms with Crippen molar-refractivity contribution in [2.75, 3.05) is 5.32 Å². The highest BCUT2D eigenvalue weighted by Crippen LogP contribution is 2.21. The number of pyridine rings is 1. The van der Waals surface area contributed by atoms with Crippen molar-refractivity contribution >= 4 is 11.5 Å². The quantitative estimate of drug-likeness (QED) is 0.722. The lowest BCUT2D eigenvalue weighted by Crippen LogP contribution is -2.14. The van der Waals surface area contributed by atoms with E-state index in [1.165, 1.54) is 0 Å². The Labute approximate surface area is 106 Å². The Morgan fingerprint density at radius 1 is 1.33 bits per heavy atom. The van der Waals surface area contributed by atoms with Gasteiger partial charge in [0.05, 0.1) is 11.4 Å². The van der Waals surface area contributed by atoms with Crippen LogP contribution in [0, 0.1) is 5.41 Å². The van der Waals surface area contributed by atoms with E-state index in [1.807, 2.05) is 32.0 Å². The van der Waals surface area contributed by atoms with Crippen LogP contribution in [0.1, 0.15) is 26.3 Å². The number of rotatable bonds is 4. The molecular weight excluding hydrogens is 226 g/mol. The van der Waals surface area contributed by atoms with Crippen LogP contribution in [0.25, 0.3) is 11.4 Å². The van der Waals surface area contributed by atoms with E-state index in [-0.39, 0.29) is 6.04 Å². The normalized spacial score (nSPS) is 10.7. The Morgan fingerprint density at radius 3 is 2.67 bits per heavy atom. The highest BCUT2D eigenvalue weighted by Gasteiger charge is 2.10. The van der Waals surface area contributed by atoms with E-state index in [0.717, 1.165) is 22.8 Å². The first kappa shape index (κ1) is 12.3. The van der Waals surface area contributed by atoms with Gasteiger partial charge in [-0.15, -0.1) is 0 Å². The summed E-state index contributed by atoms with van der Waals surface area (Å²) in [6.07, 6.45) is 1.70. The highest BCUT2D eigenvalue weighted by atomic mass is 15.1. The van der Waals surface area contributed by atoms with Gasteiger partial charge >= 0.3 is 0 Å². The second kappa shape index (κ2) is 5.00. The first-order valence-corrected chi connectivity index (χ1v) is 5.91. The molecule has 0 radical (unpaired) electrons. The van der Waals surface area contributed by atoms with Crippen molar-refractivity contribution < 1.29 is 0 Å². The maximum absolute atomic E-state index is 7.77. The molecule has 5 nitrogen and oxygen atoms in total. The molecule has 2 aromatic rings. The second-order valence-electron chi connectivity index (χ2n) is 4.49. The molecule has 0 saturated heterocycles. The number of H-pyrrole nitrogens is 1. The maximum Gasteiger partial charge on any atom is 0.136 e.